The van der Waals surface area contributed by atoms with E-state index in [0.717, 1.165) is 37.2 Å². The number of thiazole rings is 2. The maximum Gasteiger partial charge on any atom is 0.257 e. The SMILES string of the molecule is Cl.O=C(Nc1ncc(C2CCNCC2)s1)c1cccc(-c2cscn2)c1. The molecule has 1 amide bonds. The standard InChI is InChI=1S/C18H18N4OS2.ClH/c23-17(14-3-1-2-13(8-14)15-10-24-11-21-15)22-18-20-9-16(25-18)12-4-6-19-7-5-12;/h1-3,8-12,19H,4-7H2,(H,20,22,23);1H. The van der Waals surface area contributed by atoms with E-state index in [1.165, 1.54) is 4.88 Å². The van der Waals surface area contributed by atoms with Gasteiger partial charge in [0.1, 0.15) is 0 Å². The van der Waals surface area contributed by atoms with Gasteiger partial charge in [0.25, 0.3) is 5.91 Å². The zero-order chi connectivity index (χ0) is 17.1. The lowest BCUT2D eigenvalue weighted by molar-refractivity contribution is 0.102. The minimum atomic E-state index is -0.136. The normalized spacial score (nSPS) is 14.6. The van der Waals surface area contributed by atoms with Crippen molar-refractivity contribution in [2.24, 2.45) is 0 Å². The van der Waals surface area contributed by atoms with Crippen LogP contribution in [0, 0.1) is 0 Å². The highest BCUT2D eigenvalue weighted by Crippen LogP contribution is 2.32. The van der Waals surface area contributed by atoms with Crippen LogP contribution in [0.4, 0.5) is 5.13 Å². The third-order valence-electron chi connectivity index (χ3n) is 4.34. The number of hydrogen-bond acceptors (Lipinski definition) is 6. The molecule has 1 aromatic carbocycles. The first-order valence-electron chi connectivity index (χ1n) is 8.26. The van der Waals surface area contributed by atoms with E-state index in [0.29, 0.717) is 16.6 Å². The fourth-order valence-corrected chi connectivity index (χ4v) is 4.52. The molecule has 2 N–H and O–H groups in total. The number of rotatable bonds is 4. The number of carbonyl (C=O) groups excluding carboxylic acids is 1. The number of carbonyl (C=O) groups is 1. The van der Waals surface area contributed by atoms with Crippen molar-refractivity contribution in [3.05, 3.63) is 51.8 Å². The molecule has 0 radical (unpaired) electrons. The smallest absolute Gasteiger partial charge is 0.257 e. The summed E-state index contributed by atoms with van der Waals surface area (Å²) in [6.07, 6.45) is 4.17. The molecule has 8 heteroatoms. The van der Waals surface area contributed by atoms with Gasteiger partial charge in [-0.3, -0.25) is 10.1 Å². The Morgan fingerprint density at radius 1 is 1.23 bits per heavy atom. The van der Waals surface area contributed by atoms with Crippen LogP contribution in [0.15, 0.2) is 41.4 Å². The lowest BCUT2D eigenvalue weighted by Gasteiger charge is -2.20. The van der Waals surface area contributed by atoms with Crippen molar-refractivity contribution in [2.75, 3.05) is 18.4 Å². The van der Waals surface area contributed by atoms with Gasteiger partial charge in [-0.15, -0.1) is 35.1 Å². The highest BCUT2D eigenvalue weighted by atomic mass is 35.5. The fourth-order valence-electron chi connectivity index (χ4n) is 2.98. The molecule has 0 saturated carbocycles. The second kappa shape index (κ2) is 8.73. The second-order valence-electron chi connectivity index (χ2n) is 6.00. The van der Waals surface area contributed by atoms with Crippen molar-refractivity contribution in [1.29, 1.82) is 0 Å². The summed E-state index contributed by atoms with van der Waals surface area (Å²) >= 11 is 3.13. The van der Waals surface area contributed by atoms with Crippen LogP contribution in [0.5, 0.6) is 0 Å². The summed E-state index contributed by atoms with van der Waals surface area (Å²) < 4.78 is 0. The molecule has 1 saturated heterocycles. The van der Waals surface area contributed by atoms with Crippen molar-refractivity contribution in [1.82, 2.24) is 15.3 Å². The highest BCUT2D eigenvalue weighted by molar-refractivity contribution is 7.15. The average molecular weight is 407 g/mol. The zero-order valence-corrected chi connectivity index (χ0v) is 16.4. The van der Waals surface area contributed by atoms with Gasteiger partial charge < -0.3 is 5.32 Å². The minimum Gasteiger partial charge on any atom is -0.317 e. The number of piperidine rings is 1. The molecule has 2 aromatic heterocycles. The van der Waals surface area contributed by atoms with E-state index in [4.69, 9.17) is 0 Å². The molecule has 3 heterocycles. The number of anilines is 1. The Balaban J connectivity index is 0.00000196. The Labute approximate surface area is 166 Å². The Kier molecular flexibility index (Phi) is 6.37. The lowest BCUT2D eigenvalue weighted by atomic mass is 9.97. The Morgan fingerprint density at radius 3 is 2.85 bits per heavy atom. The molecule has 5 nitrogen and oxygen atoms in total. The van der Waals surface area contributed by atoms with E-state index >= 15 is 0 Å². The predicted molar refractivity (Wildman–Crippen MR) is 110 cm³/mol. The summed E-state index contributed by atoms with van der Waals surface area (Å²) in [4.78, 5) is 22.5. The van der Waals surface area contributed by atoms with Gasteiger partial charge in [-0.2, -0.15) is 0 Å². The lowest BCUT2D eigenvalue weighted by Crippen LogP contribution is -2.26. The first kappa shape index (κ1) is 19.0. The molecule has 136 valence electrons. The number of aromatic nitrogens is 2. The van der Waals surface area contributed by atoms with Crippen LogP contribution in [-0.2, 0) is 0 Å². The number of amides is 1. The average Bonchev–Trinajstić information content (AvgIpc) is 3.35. The van der Waals surface area contributed by atoms with Crippen LogP contribution in [0.2, 0.25) is 0 Å². The third-order valence-corrected chi connectivity index (χ3v) is 6.00. The molecule has 0 spiro atoms. The maximum absolute atomic E-state index is 12.5. The molecule has 4 rings (SSSR count). The van der Waals surface area contributed by atoms with Crippen molar-refractivity contribution in [3.8, 4) is 11.3 Å². The Morgan fingerprint density at radius 2 is 2.08 bits per heavy atom. The van der Waals surface area contributed by atoms with Crippen LogP contribution in [0.1, 0.15) is 34.0 Å². The van der Waals surface area contributed by atoms with Crippen LogP contribution < -0.4 is 10.6 Å². The molecule has 0 atom stereocenters. The van der Waals surface area contributed by atoms with Crippen molar-refractivity contribution in [3.63, 3.8) is 0 Å². The monoisotopic (exact) mass is 406 g/mol. The van der Waals surface area contributed by atoms with E-state index in [9.17, 15) is 4.79 Å². The number of halogens is 1. The molecule has 1 aliphatic heterocycles. The largest absolute Gasteiger partial charge is 0.317 e. The van der Waals surface area contributed by atoms with Gasteiger partial charge in [0.15, 0.2) is 5.13 Å². The molecule has 0 bridgehead atoms. The molecule has 26 heavy (non-hydrogen) atoms. The van der Waals surface area contributed by atoms with Gasteiger partial charge >= 0.3 is 0 Å². The van der Waals surface area contributed by atoms with E-state index in [2.05, 4.69) is 20.6 Å². The number of benzene rings is 1. The van der Waals surface area contributed by atoms with Gasteiger partial charge in [-0.1, -0.05) is 12.1 Å². The zero-order valence-electron chi connectivity index (χ0n) is 14.0. The summed E-state index contributed by atoms with van der Waals surface area (Å²) in [7, 11) is 0. The van der Waals surface area contributed by atoms with Crippen LogP contribution in [0.3, 0.4) is 0 Å². The third kappa shape index (κ3) is 4.29. The molecule has 0 aliphatic carbocycles. The van der Waals surface area contributed by atoms with Gasteiger partial charge in [-0.25, -0.2) is 9.97 Å². The topological polar surface area (TPSA) is 66.9 Å². The number of nitrogens with one attached hydrogen (secondary N) is 2. The summed E-state index contributed by atoms with van der Waals surface area (Å²) in [5, 5.41) is 8.94. The van der Waals surface area contributed by atoms with Crippen LogP contribution in [-0.4, -0.2) is 29.0 Å². The summed E-state index contributed by atoms with van der Waals surface area (Å²) in [6, 6.07) is 7.52. The molecule has 1 aliphatic rings. The van der Waals surface area contributed by atoms with Crippen LogP contribution in [0.25, 0.3) is 11.3 Å². The first-order valence-corrected chi connectivity index (χ1v) is 10.0. The highest BCUT2D eigenvalue weighted by Gasteiger charge is 2.18. The fraction of sp³-hybridized carbons (Fsp3) is 0.278. The Hall–Kier alpha value is -1.80. The van der Waals surface area contributed by atoms with Gasteiger partial charge in [0.05, 0.1) is 11.2 Å². The number of nitrogens with zero attached hydrogens (tertiary/aromatic N) is 2. The van der Waals surface area contributed by atoms with Gasteiger partial charge in [-0.05, 0) is 44.0 Å². The number of hydrogen-bond donors (Lipinski definition) is 2. The molecule has 0 unspecified atom stereocenters. The quantitative estimate of drug-likeness (QED) is 0.673. The predicted octanol–water partition coefficient (Wildman–Crippen LogP) is 4.41. The molecular weight excluding hydrogens is 388 g/mol. The van der Waals surface area contributed by atoms with Gasteiger partial charge in [0.2, 0.25) is 0 Å². The molecular formula is C18H19ClN4OS2. The molecule has 3 aromatic rings. The van der Waals surface area contributed by atoms with Crippen molar-refractivity contribution >= 4 is 46.1 Å². The molecule has 1 fully saturated rings. The summed E-state index contributed by atoms with van der Waals surface area (Å²) in [5.74, 6) is 0.417. The van der Waals surface area contributed by atoms with E-state index in [1.807, 2.05) is 35.8 Å². The van der Waals surface area contributed by atoms with Gasteiger partial charge in [0, 0.05) is 27.6 Å². The van der Waals surface area contributed by atoms with E-state index in [-0.39, 0.29) is 18.3 Å². The summed E-state index contributed by atoms with van der Waals surface area (Å²) in [6.45, 7) is 2.10. The minimum absolute atomic E-state index is 0. The van der Waals surface area contributed by atoms with Crippen molar-refractivity contribution in [2.45, 2.75) is 18.8 Å². The van der Waals surface area contributed by atoms with E-state index < -0.39 is 0 Å². The maximum atomic E-state index is 12.5. The van der Waals surface area contributed by atoms with Crippen LogP contribution >= 0.6 is 35.1 Å². The first-order chi connectivity index (χ1) is 12.3. The second-order valence-corrected chi connectivity index (χ2v) is 7.78. The Bertz CT molecular complexity index is 860. The van der Waals surface area contributed by atoms with Crippen molar-refractivity contribution < 1.29 is 4.79 Å². The summed E-state index contributed by atoms with van der Waals surface area (Å²) in [5.41, 5.74) is 4.24. The van der Waals surface area contributed by atoms with E-state index in [1.54, 1.807) is 28.2 Å².